The Morgan fingerprint density at radius 1 is 1.21 bits per heavy atom. The highest BCUT2D eigenvalue weighted by molar-refractivity contribution is 5.92. The molecular formula is C20H29N7O. The number of aryl methyl sites for hydroxylation is 2. The molecule has 4 heterocycles. The molecule has 8 heteroatoms. The molecule has 1 atom stereocenters. The first kappa shape index (κ1) is 18.9. The highest BCUT2D eigenvalue weighted by Gasteiger charge is 2.24. The van der Waals surface area contributed by atoms with Crippen LogP contribution in [-0.2, 0) is 0 Å². The number of hydrogen-bond acceptors (Lipinski definition) is 6. The molecule has 2 aromatic rings. The minimum Gasteiger partial charge on any atom is -0.356 e. The highest BCUT2D eigenvalue weighted by Crippen LogP contribution is 2.19. The molecule has 8 nitrogen and oxygen atoms in total. The number of nitrogens with zero attached hydrogens (tertiary/aromatic N) is 5. The number of carbonyl (C=O) groups is 1. The molecule has 0 aromatic carbocycles. The van der Waals surface area contributed by atoms with Gasteiger partial charge in [0.25, 0.3) is 5.91 Å². The SMILES string of the molecule is Cc1cc(N2CCC(NC(=O)c3ccn(C4CCCNC4)n3)CC2)nc(C)n1. The van der Waals surface area contributed by atoms with E-state index >= 15 is 0 Å². The average Bonchev–Trinajstić information content (AvgIpc) is 3.19. The molecule has 0 spiro atoms. The normalized spacial score (nSPS) is 20.9. The van der Waals surface area contributed by atoms with Crippen LogP contribution < -0.4 is 15.5 Å². The van der Waals surface area contributed by atoms with Crippen LogP contribution in [0.3, 0.4) is 0 Å². The Bertz CT molecular complexity index is 799. The minimum absolute atomic E-state index is 0.0744. The maximum Gasteiger partial charge on any atom is 0.271 e. The summed E-state index contributed by atoms with van der Waals surface area (Å²) in [7, 11) is 0. The van der Waals surface area contributed by atoms with Crippen LogP contribution in [0.15, 0.2) is 18.3 Å². The molecule has 2 aromatic heterocycles. The van der Waals surface area contributed by atoms with Gasteiger partial charge in [-0.2, -0.15) is 5.10 Å². The Kier molecular flexibility index (Phi) is 5.57. The van der Waals surface area contributed by atoms with E-state index in [1.165, 1.54) is 0 Å². The first-order valence-corrected chi connectivity index (χ1v) is 10.2. The predicted octanol–water partition coefficient (Wildman–Crippen LogP) is 1.61. The Labute approximate surface area is 165 Å². The monoisotopic (exact) mass is 383 g/mol. The summed E-state index contributed by atoms with van der Waals surface area (Å²) in [6.07, 6.45) is 5.99. The van der Waals surface area contributed by atoms with Crippen LogP contribution in [0.2, 0.25) is 0 Å². The lowest BCUT2D eigenvalue weighted by Gasteiger charge is -2.33. The first-order chi connectivity index (χ1) is 13.6. The molecule has 4 rings (SSSR count). The fourth-order valence-corrected chi connectivity index (χ4v) is 4.09. The van der Waals surface area contributed by atoms with Gasteiger partial charge in [0.05, 0.1) is 6.04 Å². The summed E-state index contributed by atoms with van der Waals surface area (Å²) in [6, 6.07) is 4.37. The van der Waals surface area contributed by atoms with Crippen molar-refractivity contribution in [3.05, 3.63) is 35.5 Å². The Morgan fingerprint density at radius 3 is 2.75 bits per heavy atom. The van der Waals surface area contributed by atoms with Gasteiger partial charge >= 0.3 is 0 Å². The van der Waals surface area contributed by atoms with Crippen LogP contribution in [0, 0.1) is 13.8 Å². The third-order valence-electron chi connectivity index (χ3n) is 5.59. The number of amides is 1. The lowest BCUT2D eigenvalue weighted by atomic mass is 10.0. The van der Waals surface area contributed by atoms with E-state index in [2.05, 4.69) is 30.6 Å². The van der Waals surface area contributed by atoms with Gasteiger partial charge in [-0.25, -0.2) is 9.97 Å². The van der Waals surface area contributed by atoms with Crippen molar-refractivity contribution in [2.45, 2.75) is 51.6 Å². The van der Waals surface area contributed by atoms with E-state index < -0.39 is 0 Å². The molecule has 28 heavy (non-hydrogen) atoms. The van der Waals surface area contributed by atoms with Crippen molar-refractivity contribution in [3.8, 4) is 0 Å². The maximum atomic E-state index is 12.6. The van der Waals surface area contributed by atoms with Gasteiger partial charge in [0.15, 0.2) is 0 Å². The molecule has 0 aliphatic carbocycles. The summed E-state index contributed by atoms with van der Waals surface area (Å²) in [5.74, 6) is 1.71. The van der Waals surface area contributed by atoms with E-state index in [1.807, 2.05) is 36.9 Å². The molecule has 2 aliphatic rings. The van der Waals surface area contributed by atoms with Crippen LogP contribution in [-0.4, -0.2) is 57.9 Å². The number of piperidine rings is 2. The van der Waals surface area contributed by atoms with Gasteiger partial charge in [0.1, 0.15) is 17.3 Å². The molecule has 2 N–H and O–H groups in total. The third-order valence-corrected chi connectivity index (χ3v) is 5.59. The quantitative estimate of drug-likeness (QED) is 0.834. The average molecular weight is 384 g/mol. The summed E-state index contributed by atoms with van der Waals surface area (Å²) in [5.41, 5.74) is 1.50. The van der Waals surface area contributed by atoms with E-state index in [1.54, 1.807) is 0 Å². The zero-order valence-corrected chi connectivity index (χ0v) is 16.7. The van der Waals surface area contributed by atoms with Crippen LogP contribution in [0.4, 0.5) is 5.82 Å². The molecule has 1 unspecified atom stereocenters. The molecule has 2 saturated heterocycles. The van der Waals surface area contributed by atoms with E-state index in [-0.39, 0.29) is 11.9 Å². The van der Waals surface area contributed by atoms with Crippen molar-refractivity contribution in [2.75, 3.05) is 31.1 Å². The second-order valence-electron chi connectivity index (χ2n) is 7.83. The van der Waals surface area contributed by atoms with Crippen molar-refractivity contribution in [3.63, 3.8) is 0 Å². The van der Waals surface area contributed by atoms with Crippen LogP contribution in [0.1, 0.15) is 53.7 Å². The molecule has 2 aliphatic heterocycles. The van der Waals surface area contributed by atoms with Crippen molar-refractivity contribution in [2.24, 2.45) is 0 Å². The molecule has 150 valence electrons. The van der Waals surface area contributed by atoms with Gasteiger partial charge in [-0.1, -0.05) is 0 Å². The molecule has 2 fully saturated rings. The Balaban J connectivity index is 1.31. The second-order valence-corrected chi connectivity index (χ2v) is 7.83. The van der Waals surface area contributed by atoms with Crippen LogP contribution in [0.25, 0.3) is 0 Å². The lowest BCUT2D eigenvalue weighted by molar-refractivity contribution is 0.0924. The summed E-state index contributed by atoms with van der Waals surface area (Å²) in [4.78, 5) is 23.8. The number of aromatic nitrogens is 4. The van der Waals surface area contributed by atoms with Gasteiger partial charge in [-0.15, -0.1) is 0 Å². The Hall–Kier alpha value is -2.48. The van der Waals surface area contributed by atoms with Gasteiger partial charge < -0.3 is 15.5 Å². The van der Waals surface area contributed by atoms with E-state index in [4.69, 9.17) is 0 Å². The molecule has 0 bridgehead atoms. The van der Waals surface area contributed by atoms with Gasteiger partial charge in [0.2, 0.25) is 0 Å². The summed E-state index contributed by atoms with van der Waals surface area (Å²) >= 11 is 0. The molecular weight excluding hydrogens is 354 g/mol. The van der Waals surface area contributed by atoms with Crippen molar-refractivity contribution >= 4 is 11.7 Å². The summed E-state index contributed by atoms with van der Waals surface area (Å²) in [5, 5.41) is 11.1. The molecule has 0 radical (unpaired) electrons. The number of hydrogen-bond donors (Lipinski definition) is 2. The van der Waals surface area contributed by atoms with Gasteiger partial charge in [-0.3, -0.25) is 9.48 Å². The largest absolute Gasteiger partial charge is 0.356 e. The second kappa shape index (κ2) is 8.26. The van der Waals surface area contributed by atoms with Crippen molar-refractivity contribution in [1.29, 1.82) is 0 Å². The van der Waals surface area contributed by atoms with E-state index in [9.17, 15) is 4.79 Å². The van der Waals surface area contributed by atoms with E-state index in [0.717, 1.165) is 69.2 Å². The smallest absolute Gasteiger partial charge is 0.271 e. The number of carbonyl (C=O) groups excluding carboxylic acids is 1. The summed E-state index contributed by atoms with van der Waals surface area (Å²) in [6.45, 7) is 7.66. The lowest BCUT2D eigenvalue weighted by Crippen LogP contribution is -2.45. The van der Waals surface area contributed by atoms with Crippen LogP contribution >= 0.6 is 0 Å². The minimum atomic E-state index is -0.0744. The van der Waals surface area contributed by atoms with Gasteiger partial charge in [0, 0.05) is 43.6 Å². The summed E-state index contributed by atoms with van der Waals surface area (Å²) < 4.78 is 1.93. The van der Waals surface area contributed by atoms with E-state index in [0.29, 0.717) is 11.7 Å². The zero-order chi connectivity index (χ0) is 19.5. The number of anilines is 1. The first-order valence-electron chi connectivity index (χ1n) is 10.2. The predicted molar refractivity (Wildman–Crippen MR) is 108 cm³/mol. The molecule has 1 amide bonds. The maximum absolute atomic E-state index is 12.6. The molecule has 0 saturated carbocycles. The number of nitrogens with one attached hydrogen (secondary N) is 2. The third kappa shape index (κ3) is 4.32. The fourth-order valence-electron chi connectivity index (χ4n) is 4.09. The van der Waals surface area contributed by atoms with Crippen molar-refractivity contribution in [1.82, 2.24) is 30.4 Å². The standard InChI is InChI=1S/C20H29N7O/c1-14-12-19(23-15(2)22-14)26-9-5-16(6-10-26)24-20(28)18-7-11-27(25-18)17-4-3-8-21-13-17/h7,11-12,16-17,21H,3-6,8-10,13H2,1-2H3,(H,24,28). The fraction of sp³-hybridized carbons (Fsp3) is 0.600. The number of rotatable bonds is 4. The Morgan fingerprint density at radius 2 is 2.04 bits per heavy atom. The van der Waals surface area contributed by atoms with Crippen molar-refractivity contribution < 1.29 is 4.79 Å². The zero-order valence-electron chi connectivity index (χ0n) is 16.7. The highest BCUT2D eigenvalue weighted by atomic mass is 16.2. The van der Waals surface area contributed by atoms with Crippen LogP contribution in [0.5, 0.6) is 0 Å². The topological polar surface area (TPSA) is 88.0 Å². The van der Waals surface area contributed by atoms with Gasteiger partial charge in [-0.05, 0) is 52.1 Å².